The smallest absolute Gasteiger partial charge is 0.161 e. The molecule has 0 atom stereocenters. The SMILES string of the molecule is CCOc1cc(C=NNCc2ccccc2)ccc1OCc1cccc(Cl)c1. The Morgan fingerprint density at radius 1 is 0.893 bits per heavy atom. The highest BCUT2D eigenvalue weighted by molar-refractivity contribution is 6.30. The van der Waals surface area contributed by atoms with Gasteiger partial charge in [0.05, 0.1) is 19.4 Å². The molecule has 28 heavy (non-hydrogen) atoms. The standard InChI is InChI=1S/C23H23ClN2O2/c1-2-27-23-14-19(16-26-25-15-18-7-4-3-5-8-18)11-12-22(23)28-17-20-9-6-10-21(24)13-20/h3-14,16,25H,2,15,17H2,1H3. The van der Waals surface area contributed by atoms with Crippen LogP contribution >= 0.6 is 11.6 Å². The zero-order chi connectivity index (χ0) is 19.6. The van der Waals surface area contributed by atoms with E-state index in [2.05, 4.69) is 22.7 Å². The van der Waals surface area contributed by atoms with E-state index in [0.29, 0.717) is 36.3 Å². The molecule has 0 heterocycles. The van der Waals surface area contributed by atoms with Crippen molar-refractivity contribution in [2.45, 2.75) is 20.1 Å². The molecule has 1 N–H and O–H groups in total. The van der Waals surface area contributed by atoms with Crippen LogP contribution in [0.4, 0.5) is 0 Å². The van der Waals surface area contributed by atoms with E-state index < -0.39 is 0 Å². The minimum Gasteiger partial charge on any atom is -0.490 e. The van der Waals surface area contributed by atoms with Crippen LogP contribution in [0.5, 0.6) is 11.5 Å². The van der Waals surface area contributed by atoms with Gasteiger partial charge in [0.15, 0.2) is 11.5 Å². The van der Waals surface area contributed by atoms with Crippen molar-refractivity contribution in [1.29, 1.82) is 0 Å². The molecule has 0 saturated heterocycles. The van der Waals surface area contributed by atoms with E-state index in [0.717, 1.165) is 11.1 Å². The summed E-state index contributed by atoms with van der Waals surface area (Å²) in [7, 11) is 0. The molecular weight excluding hydrogens is 372 g/mol. The molecule has 0 spiro atoms. The minimum atomic E-state index is 0.423. The zero-order valence-corrected chi connectivity index (χ0v) is 16.5. The lowest BCUT2D eigenvalue weighted by Gasteiger charge is -2.13. The van der Waals surface area contributed by atoms with Crippen molar-refractivity contribution in [1.82, 2.24) is 5.43 Å². The van der Waals surface area contributed by atoms with Crippen molar-refractivity contribution in [3.8, 4) is 11.5 Å². The fraction of sp³-hybridized carbons (Fsp3) is 0.174. The van der Waals surface area contributed by atoms with Gasteiger partial charge in [-0.2, -0.15) is 5.10 Å². The zero-order valence-electron chi connectivity index (χ0n) is 15.8. The average Bonchev–Trinajstić information content (AvgIpc) is 2.72. The number of benzene rings is 3. The maximum absolute atomic E-state index is 6.03. The van der Waals surface area contributed by atoms with Crippen LogP contribution in [0.1, 0.15) is 23.6 Å². The van der Waals surface area contributed by atoms with E-state index in [1.165, 1.54) is 5.56 Å². The first-order chi connectivity index (χ1) is 13.7. The molecule has 0 aromatic heterocycles. The van der Waals surface area contributed by atoms with E-state index in [-0.39, 0.29) is 0 Å². The predicted molar refractivity (Wildman–Crippen MR) is 114 cm³/mol. The molecule has 0 aliphatic rings. The highest BCUT2D eigenvalue weighted by atomic mass is 35.5. The third kappa shape index (κ3) is 6.03. The Kier molecular flexibility index (Phi) is 7.33. The maximum Gasteiger partial charge on any atom is 0.161 e. The molecule has 0 bridgehead atoms. The summed E-state index contributed by atoms with van der Waals surface area (Å²) in [6, 6.07) is 23.5. The van der Waals surface area contributed by atoms with Crippen LogP contribution in [0.3, 0.4) is 0 Å². The van der Waals surface area contributed by atoms with Gasteiger partial charge < -0.3 is 14.9 Å². The van der Waals surface area contributed by atoms with Crippen molar-refractivity contribution < 1.29 is 9.47 Å². The Balaban J connectivity index is 1.62. The number of hydrogen-bond donors (Lipinski definition) is 1. The molecule has 5 heteroatoms. The Morgan fingerprint density at radius 3 is 2.50 bits per heavy atom. The Morgan fingerprint density at radius 2 is 1.71 bits per heavy atom. The van der Waals surface area contributed by atoms with Crippen LogP contribution in [-0.4, -0.2) is 12.8 Å². The van der Waals surface area contributed by atoms with E-state index in [1.807, 2.05) is 67.6 Å². The monoisotopic (exact) mass is 394 g/mol. The molecule has 3 aromatic rings. The van der Waals surface area contributed by atoms with Gasteiger partial charge in [-0.15, -0.1) is 0 Å². The summed E-state index contributed by atoms with van der Waals surface area (Å²) in [5, 5.41) is 4.98. The van der Waals surface area contributed by atoms with Gasteiger partial charge in [-0.25, -0.2) is 0 Å². The van der Waals surface area contributed by atoms with Crippen LogP contribution in [0.2, 0.25) is 5.02 Å². The predicted octanol–water partition coefficient (Wildman–Crippen LogP) is 5.44. The van der Waals surface area contributed by atoms with Crippen molar-refractivity contribution >= 4 is 17.8 Å². The molecule has 0 saturated carbocycles. The first-order valence-corrected chi connectivity index (χ1v) is 9.56. The normalized spacial score (nSPS) is 10.8. The molecule has 0 radical (unpaired) electrons. The number of hydrazone groups is 1. The lowest BCUT2D eigenvalue weighted by atomic mass is 10.2. The highest BCUT2D eigenvalue weighted by Gasteiger charge is 2.07. The third-order valence-corrected chi connectivity index (χ3v) is 4.22. The number of ether oxygens (including phenoxy) is 2. The second-order valence-electron chi connectivity index (χ2n) is 6.14. The Labute approximate surface area is 170 Å². The van der Waals surface area contributed by atoms with Crippen LogP contribution in [0.15, 0.2) is 77.9 Å². The average molecular weight is 395 g/mol. The molecule has 0 fully saturated rings. The molecular formula is C23H23ClN2O2. The summed E-state index contributed by atoms with van der Waals surface area (Å²) in [5.74, 6) is 1.38. The van der Waals surface area contributed by atoms with Crippen molar-refractivity contribution in [3.05, 3.63) is 94.5 Å². The lowest BCUT2D eigenvalue weighted by molar-refractivity contribution is 0.269. The van der Waals surface area contributed by atoms with E-state index in [9.17, 15) is 0 Å². The molecule has 3 rings (SSSR count). The number of hydrogen-bond acceptors (Lipinski definition) is 4. The van der Waals surface area contributed by atoms with Gasteiger partial charge in [0.1, 0.15) is 6.61 Å². The van der Waals surface area contributed by atoms with Gasteiger partial charge in [0.2, 0.25) is 0 Å². The van der Waals surface area contributed by atoms with Crippen LogP contribution in [0, 0.1) is 0 Å². The van der Waals surface area contributed by atoms with Gasteiger partial charge in [0, 0.05) is 5.02 Å². The van der Waals surface area contributed by atoms with Crippen LogP contribution in [-0.2, 0) is 13.2 Å². The summed E-state index contributed by atoms with van der Waals surface area (Å²) in [6.45, 7) is 3.60. The number of nitrogens with one attached hydrogen (secondary N) is 1. The van der Waals surface area contributed by atoms with Crippen molar-refractivity contribution in [2.24, 2.45) is 5.10 Å². The molecule has 3 aromatic carbocycles. The van der Waals surface area contributed by atoms with Crippen LogP contribution < -0.4 is 14.9 Å². The summed E-state index contributed by atoms with van der Waals surface area (Å²) in [5.41, 5.74) is 6.17. The van der Waals surface area contributed by atoms with E-state index >= 15 is 0 Å². The molecule has 144 valence electrons. The van der Waals surface area contributed by atoms with Gasteiger partial charge in [-0.3, -0.25) is 0 Å². The summed E-state index contributed by atoms with van der Waals surface area (Å²) in [6.07, 6.45) is 1.77. The quantitative estimate of drug-likeness (QED) is 0.388. The highest BCUT2D eigenvalue weighted by Crippen LogP contribution is 2.29. The second kappa shape index (κ2) is 10.4. The van der Waals surface area contributed by atoms with Gasteiger partial charge in [0.25, 0.3) is 0 Å². The number of rotatable bonds is 9. The largest absolute Gasteiger partial charge is 0.490 e. The maximum atomic E-state index is 6.03. The third-order valence-electron chi connectivity index (χ3n) is 3.98. The topological polar surface area (TPSA) is 42.8 Å². The molecule has 0 aliphatic heterocycles. The summed E-state index contributed by atoms with van der Waals surface area (Å²) in [4.78, 5) is 0. The summed E-state index contributed by atoms with van der Waals surface area (Å²) < 4.78 is 11.7. The van der Waals surface area contributed by atoms with Crippen molar-refractivity contribution in [2.75, 3.05) is 6.61 Å². The van der Waals surface area contributed by atoms with Gasteiger partial charge in [-0.1, -0.05) is 54.1 Å². The van der Waals surface area contributed by atoms with Gasteiger partial charge in [-0.05, 0) is 53.9 Å². The molecule has 4 nitrogen and oxygen atoms in total. The Bertz CT molecular complexity index is 913. The van der Waals surface area contributed by atoms with E-state index in [4.69, 9.17) is 21.1 Å². The van der Waals surface area contributed by atoms with Crippen LogP contribution in [0.25, 0.3) is 0 Å². The van der Waals surface area contributed by atoms with Crippen molar-refractivity contribution in [3.63, 3.8) is 0 Å². The lowest BCUT2D eigenvalue weighted by Crippen LogP contribution is -2.05. The first kappa shape index (κ1) is 19.8. The number of nitrogens with zero attached hydrogens (tertiary/aromatic N) is 1. The number of halogens is 1. The van der Waals surface area contributed by atoms with E-state index in [1.54, 1.807) is 6.21 Å². The molecule has 0 aliphatic carbocycles. The second-order valence-corrected chi connectivity index (χ2v) is 6.57. The molecule has 0 unspecified atom stereocenters. The fourth-order valence-electron chi connectivity index (χ4n) is 2.63. The molecule has 0 amide bonds. The fourth-order valence-corrected chi connectivity index (χ4v) is 2.85. The Hall–Kier alpha value is -2.98. The summed E-state index contributed by atoms with van der Waals surface area (Å²) >= 11 is 6.03. The minimum absolute atomic E-state index is 0.423. The first-order valence-electron chi connectivity index (χ1n) is 9.18. The van der Waals surface area contributed by atoms with Gasteiger partial charge >= 0.3 is 0 Å².